The van der Waals surface area contributed by atoms with Crippen LogP contribution in [0, 0.1) is 6.92 Å². The SMILES string of the molecule is COc1cc(C)ccc1NC(=O)N1CCO[C@H](C)[C@@H]1C. The number of ether oxygens (including phenoxy) is 2. The number of nitrogens with one attached hydrogen (secondary N) is 1. The largest absolute Gasteiger partial charge is 0.495 e. The maximum Gasteiger partial charge on any atom is 0.322 e. The van der Waals surface area contributed by atoms with E-state index in [2.05, 4.69) is 5.32 Å². The van der Waals surface area contributed by atoms with Crippen LogP contribution in [0.25, 0.3) is 0 Å². The molecule has 110 valence electrons. The van der Waals surface area contributed by atoms with E-state index in [-0.39, 0.29) is 18.2 Å². The summed E-state index contributed by atoms with van der Waals surface area (Å²) in [5, 5.41) is 2.92. The normalized spacial score (nSPS) is 22.5. The van der Waals surface area contributed by atoms with E-state index in [0.29, 0.717) is 24.6 Å². The number of benzene rings is 1. The Hall–Kier alpha value is -1.75. The monoisotopic (exact) mass is 278 g/mol. The minimum absolute atomic E-state index is 0.0504. The van der Waals surface area contributed by atoms with Gasteiger partial charge in [-0.15, -0.1) is 0 Å². The van der Waals surface area contributed by atoms with Crippen LogP contribution in [0.15, 0.2) is 18.2 Å². The molecule has 2 atom stereocenters. The van der Waals surface area contributed by atoms with E-state index in [4.69, 9.17) is 9.47 Å². The molecule has 0 saturated carbocycles. The van der Waals surface area contributed by atoms with Gasteiger partial charge in [0.25, 0.3) is 0 Å². The number of nitrogens with zero attached hydrogens (tertiary/aromatic N) is 1. The summed E-state index contributed by atoms with van der Waals surface area (Å²) in [5.74, 6) is 0.673. The van der Waals surface area contributed by atoms with Gasteiger partial charge in [0.2, 0.25) is 0 Å². The molecule has 1 heterocycles. The second-order valence-electron chi connectivity index (χ2n) is 5.14. The van der Waals surface area contributed by atoms with Crippen LogP contribution in [0.1, 0.15) is 19.4 Å². The van der Waals surface area contributed by atoms with Crippen LogP contribution in [0.3, 0.4) is 0 Å². The fourth-order valence-electron chi connectivity index (χ4n) is 2.31. The first-order valence-corrected chi connectivity index (χ1v) is 6.86. The maximum atomic E-state index is 12.4. The lowest BCUT2D eigenvalue weighted by molar-refractivity contribution is -0.0355. The zero-order valence-electron chi connectivity index (χ0n) is 12.5. The number of carbonyl (C=O) groups excluding carboxylic acids is 1. The van der Waals surface area contributed by atoms with E-state index >= 15 is 0 Å². The van der Waals surface area contributed by atoms with Crippen molar-refractivity contribution < 1.29 is 14.3 Å². The molecule has 1 N–H and O–H groups in total. The molecule has 0 aromatic heterocycles. The van der Waals surface area contributed by atoms with Gasteiger partial charge in [0.1, 0.15) is 5.75 Å². The van der Waals surface area contributed by atoms with Crippen molar-refractivity contribution in [2.24, 2.45) is 0 Å². The molecule has 0 aliphatic carbocycles. The maximum absolute atomic E-state index is 12.4. The third-order valence-corrected chi connectivity index (χ3v) is 3.74. The molecular formula is C15H22N2O3. The van der Waals surface area contributed by atoms with Gasteiger partial charge in [-0.2, -0.15) is 0 Å². The van der Waals surface area contributed by atoms with Crippen molar-refractivity contribution in [3.8, 4) is 5.75 Å². The van der Waals surface area contributed by atoms with E-state index in [0.717, 1.165) is 5.56 Å². The van der Waals surface area contributed by atoms with Crippen LogP contribution < -0.4 is 10.1 Å². The third kappa shape index (κ3) is 3.04. The van der Waals surface area contributed by atoms with Crippen LogP contribution in [0.2, 0.25) is 0 Å². The van der Waals surface area contributed by atoms with Crippen molar-refractivity contribution in [1.29, 1.82) is 0 Å². The predicted octanol–water partition coefficient (Wildman–Crippen LogP) is 2.64. The molecule has 5 heteroatoms. The number of carbonyl (C=O) groups is 1. The smallest absolute Gasteiger partial charge is 0.322 e. The Balaban J connectivity index is 2.11. The number of methoxy groups -OCH3 is 1. The van der Waals surface area contributed by atoms with Crippen molar-refractivity contribution in [2.45, 2.75) is 32.9 Å². The summed E-state index contributed by atoms with van der Waals surface area (Å²) in [6.07, 6.45) is 0.0504. The van der Waals surface area contributed by atoms with Gasteiger partial charge in [0, 0.05) is 6.54 Å². The highest BCUT2D eigenvalue weighted by molar-refractivity contribution is 5.91. The first kappa shape index (κ1) is 14.7. The van der Waals surface area contributed by atoms with Crippen molar-refractivity contribution in [3.05, 3.63) is 23.8 Å². The highest BCUT2D eigenvalue weighted by atomic mass is 16.5. The number of rotatable bonds is 2. The second-order valence-corrected chi connectivity index (χ2v) is 5.14. The molecule has 1 aliphatic rings. The molecule has 2 rings (SSSR count). The Morgan fingerprint density at radius 1 is 1.45 bits per heavy atom. The summed E-state index contributed by atoms with van der Waals surface area (Å²) in [6, 6.07) is 5.65. The Morgan fingerprint density at radius 3 is 2.90 bits per heavy atom. The molecular weight excluding hydrogens is 256 g/mol. The summed E-state index contributed by atoms with van der Waals surface area (Å²) in [6.45, 7) is 7.14. The lowest BCUT2D eigenvalue weighted by Gasteiger charge is -2.37. The Labute approximate surface area is 119 Å². The van der Waals surface area contributed by atoms with Crippen LogP contribution in [0.5, 0.6) is 5.75 Å². The summed E-state index contributed by atoms with van der Waals surface area (Å²) in [5.41, 5.74) is 1.78. The number of anilines is 1. The average Bonchev–Trinajstić information content (AvgIpc) is 2.43. The molecule has 0 radical (unpaired) electrons. The van der Waals surface area contributed by atoms with Crippen molar-refractivity contribution in [1.82, 2.24) is 4.90 Å². The van der Waals surface area contributed by atoms with E-state index in [1.54, 1.807) is 12.0 Å². The molecule has 0 spiro atoms. The van der Waals surface area contributed by atoms with Gasteiger partial charge < -0.3 is 19.7 Å². The lowest BCUT2D eigenvalue weighted by atomic mass is 10.1. The molecule has 20 heavy (non-hydrogen) atoms. The third-order valence-electron chi connectivity index (χ3n) is 3.74. The molecule has 0 unspecified atom stereocenters. The summed E-state index contributed by atoms with van der Waals surface area (Å²) in [7, 11) is 1.60. The van der Waals surface area contributed by atoms with Crippen LogP contribution >= 0.6 is 0 Å². The minimum atomic E-state index is -0.116. The molecule has 5 nitrogen and oxygen atoms in total. The standard InChI is InChI=1S/C15H22N2O3/c1-10-5-6-13(14(9-10)19-4)16-15(18)17-7-8-20-12(3)11(17)2/h5-6,9,11-12H,7-8H2,1-4H3,(H,16,18)/t11-,12+/m0/s1. The number of amides is 2. The van der Waals surface area contributed by atoms with Crippen molar-refractivity contribution in [2.75, 3.05) is 25.6 Å². The fraction of sp³-hybridized carbons (Fsp3) is 0.533. The van der Waals surface area contributed by atoms with Crippen LogP contribution in [-0.4, -0.2) is 43.3 Å². The minimum Gasteiger partial charge on any atom is -0.495 e. The summed E-state index contributed by atoms with van der Waals surface area (Å²) >= 11 is 0. The topological polar surface area (TPSA) is 50.8 Å². The van der Waals surface area contributed by atoms with Gasteiger partial charge in [-0.3, -0.25) is 0 Å². The fourth-order valence-corrected chi connectivity index (χ4v) is 2.31. The van der Waals surface area contributed by atoms with E-state index in [9.17, 15) is 4.79 Å². The lowest BCUT2D eigenvalue weighted by Crippen LogP contribution is -2.52. The number of hydrogen-bond donors (Lipinski definition) is 1. The first-order valence-electron chi connectivity index (χ1n) is 6.86. The number of aryl methyl sites for hydroxylation is 1. The molecule has 1 fully saturated rings. The average molecular weight is 278 g/mol. The van der Waals surface area contributed by atoms with E-state index < -0.39 is 0 Å². The first-order chi connectivity index (χ1) is 9.52. The molecule has 1 aromatic carbocycles. The van der Waals surface area contributed by atoms with Gasteiger partial charge in [-0.25, -0.2) is 4.79 Å². The molecule has 1 saturated heterocycles. The van der Waals surface area contributed by atoms with Crippen molar-refractivity contribution in [3.63, 3.8) is 0 Å². The molecule has 2 amide bonds. The Bertz CT molecular complexity index is 490. The van der Waals surface area contributed by atoms with E-state index in [1.807, 2.05) is 39.0 Å². The second kappa shape index (κ2) is 6.13. The number of morpholine rings is 1. The van der Waals surface area contributed by atoms with E-state index in [1.165, 1.54) is 0 Å². The summed E-state index contributed by atoms with van der Waals surface area (Å²) in [4.78, 5) is 14.2. The number of urea groups is 1. The zero-order chi connectivity index (χ0) is 14.7. The Morgan fingerprint density at radius 2 is 2.20 bits per heavy atom. The highest BCUT2D eigenvalue weighted by Gasteiger charge is 2.29. The molecule has 1 aromatic rings. The molecule has 0 bridgehead atoms. The van der Waals surface area contributed by atoms with Gasteiger partial charge in [0.05, 0.1) is 31.5 Å². The quantitative estimate of drug-likeness (QED) is 0.904. The van der Waals surface area contributed by atoms with Crippen LogP contribution in [-0.2, 0) is 4.74 Å². The van der Waals surface area contributed by atoms with Crippen molar-refractivity contribution >= 4 is 11.7 Å². The zero-order valence-corrected chi connectivity index (χ0v) is 12.5. The molecule has 1 aliphatic heterocycles. The van der Waals surface area contributed by atoms with Gasteiger partial charge in [0.15, 0.2) is 0 Å². The van der Waals surface area contributed by atoms with Crippen LogP contribution in [0.4, 0.5) is 10.5 Å². The van der Waals surface area contributed by atoms with Gasteiger partial charge in [-0.05, 0) is 38.5 Å². The highest BCUT2D eigenvalue weighted by Crippen LogP contribution is 2.26. The predicted molar refractivity (Wildman–Crippen MR) is 78.3 cm³/mol. The number of hydrogen-bond acceptors (Lipinski definition) is 3. The Kier molecular flexibility index (Phi) is 4.49. The van der Waals surface area contributed by atoms with Gasteiger partial charge >= 0.3 is 6.03 Å². The summed E-state index contributed by atoms with van der Waals surface area (Å²) < 4.78 is 10.8. The van der Waals surface area contributed by atoms with Gasteiger partial charge in [-0.1, -0.05) is 6.07 Å².